The second-order valence-corrected chi connectivity index (χ2v) is 15.4. The summed E-state index contributed by atoms with van der Waals surface area (Å²) < 4.78 is 14.0. The molecule has 12 rings (SSSR count). The molecule has 0 aliphatic carbocycles. The lowest BCUT2D eigenvalue weighted by atomic mass is 9.97. The number of aryl methyl sites for hydroxylation is 1. The zero-order chi connectivity index (χ0) is 39.2. The van der Waals surface area contributed by atoms with Gasteiger partial charge in [0.25, 0.3) is 0 Å². The van der Waals surface area contributed by atoms with Crippen molar-refractivity contribution < 1.29 is 4.42 Å². The molecule has 0 unspecified atom stereocenters. The summed E-state index contributed by atoms with van der Waals surface area (Å²) in [4.78, 5) is 0. The first-order valence-electron chi connectivity index (χ1n) is 20.1. The molecule has 0 fully saturated rings. The Morgan fingerprint density at radius 2 is 1.02 bits per heavy atom. The van der Waals surface area contributed by atoms with Crippen LogP contribution in [-0.2, 0) is 0 Å². The molecule has 8 aromatic carbocycles. The van der Waals surface area contributed by atoms with Crippen LogP contribution in [0.2, 0.25) is 0 Å². The molecule has 0 bridgehead atoms. The minimum absolute atomic E-state index is 0.883. The molecule has 4 heteroatoms. The maximum atomic E-state index is 6.81. The Kier molecular flexibility index (Phi) is 7.26. The van der Waals surface area contributed by atoms with Gasteiger partial charge in [-0.15, -0.1) is 0 Å². The van der Waals surface area contributed by atoms with E-state index in [-0.39, 0.29) is 0 Å². The zero-order valence-corrected chi connectivity index (χ0v) is 32.4. The molecule has 0 amide bonds. The van der Waals surface area contributed by atoms with E-state index >= 15 is 0 Å². The third kappa shape index (κ3) is 4.84. The van der Waals surface area contributed by atoms with Crippen LogP contribution in [0, 0.1) is 6.92 Å². The number of furan rings is 1. The van der Waals surface area contributed by atoms with Crippen LogP contribution in [0.5, 0.6) is 0 Å². The second kappa shape index (κ2) is 12.9. The Morgan fingerprint density at radius 1 is 0.475 bits per heavy atom. The van der Waals surface area contributed by atoms with Gasteiger partial charge < -0.3 is 18.1 Å². The van der Waals surface area contributed by atoms with Crippen molar-refractivity contribution in [2.24, 2.45) is 0 Å². The zero-order valence-electron chi connectivity index (χ0n) is 32.4. The fourth-order valence-electron chi connectivity index (χ4n) is 9.64. The number of hydrogen-bond donors (Lipinski definition) is 0. The molecule has 0 aliphatic rings. The van der Waals surface area contributed by atoms with Crippen LogP contribution in [0.3, 0.4) is 0 Å². The number of benzene rings is 8. The lowest BCUT2D eigenvalue weighted by Gasteiger charge is -2.15. The molecule has 0 N–H and O–H groups in total. The predicted octanol–water partition coefficient (Wildman–Crippen LogP) is 14.9. The summed E-state index contributed by atoms with van der Waals surface area (Å²) in [6.45, 7) is 6.29. The number of allylic oxidation sites excluding steroid dienone is 2. The van der Waals surface area contributed by atoms with Crippen molar-refractivity contribution in [3.05, 3.63) is 206 Å². The quantitative estimate of drug-likeness (QED) is 0.155. The van der Waals surface area contributed by atoms with Crippen molar-refractivity contribution in [3.8, 4) is 28.2 Å². The summed E-state index contributed by atoms with van der Waals surface area (Å²) in [7, 11) is 0. The molecular formula is C55H37N3O. The molecule has 278 valence electrons. The van der Waals surface area contributed by atoms with Crippen molar-refractivity contribution in [2.45, 2.75) is 6.92 Å². The molecule has 0 atom stereocenters. The SMILES string of the molecule is C=C/C=C\c1c(C)c2c3oc4ccccc4c3cc(-c3ccc(-n4c5ccccc5c5ccccc54)cc3)c2n1-c1ccc2c(c1)c1ccccc1n2-c1ccccc1. The van der Waals surface area contributed by atoms with Crippen LogP contribution >= 0.6 is 0 Å². The molecular weight excluding hydrogens is 719 g/mol. The molecule has 4 heterocycles. The standard InChI is InChI=1S/C55H37N3O/c1-3-4-22-47-35(2)53-54(58(47)39-31-32-51-45(33-39)42-20-10-14-25-50(42)56(51)37-16-6-5-7-17-37)44(34-46-43-21-11-15-26-52(43)59-55(46)53)36-27-29-38(30-28-36)57-48-23-12-8-18-40(48)41-19-9-13-24-49(41)57/h3-34H,1H2,2H3/b22-4-. The third-order valence-electron chi connectivity index (χ3n) is 12.2. The van der Waals surface area contributed by atoms with Crippen LogP contribution in [0.15, 0.2) is 199 Å². The van der Waals surface area contributed by atoms with Gasteiger partial charge >= 0.3 is 0 Å². The lowest BCUT2D eigenvalue weighted by Crippen LogP contribution is -1.99. The molecule has 0 saturated heterocycles. The highest BCUT2D eigenvalue weighted by Gasteiger charge is 2.25. The van der Waals surface area contributed by atoms with E-state index in [4.69, 9.17) is 4.42 Å². The highest BCUT2D eigenvalue weighted by Crippen LogP contribution is 2.46. The molecule has 0 radical (unpaired) electrons. The minimum Gasteiger partial charge on any atom is -0.455 e. The van der Waals surface area contributed by atoms with Crippen molar-refractivity contribution >= 4 is 82.5 Å². The summed E-state index contributed by atoms with van der Waals surface area (Å²) in [5.41, 5.74) is 15.5. The number of rotatable bonds is 6. The number of para-hydroxylation sites is 5. The van der Waals surface area contributed by atoms with Gasteiger partial charge in [0.1, 0.15) is 11.2 Å². The van der Waals surface area contributed by atoms with E-state index in [1.165, 1.54) is 38.1 Å². The van der Waals surface area contributed by atoms with E-state index in [1.54, 1.807) is 0 Å². The van der Waals surface area contributed by atoms with Crippen molar-refractivity contribution in [1.29, 1.82) is 0 Å². The monoisotopic (exact) mass is 755 g/mol. The van der Waals surface area contributed by atoms with Crippen LogP contribution in [0.1, 0.15) is 11.3 Å². The normalized spacial score (nSPS) is 12.2. The van der Waals surface area contributed by atoms with Crippen LogP contribution in [-0.4, -0.2) is 13.7 Å². The third-order valence-corrected chi connectivity index (χ3v) is 12.2. The van der Waals surface area contributed by atoms with Gasteiger partial charge in [-0.05, 0) is 96.9 Å². The fraction of sp³-hybridized carbons (Fsp3) is 0.0182. The van der Waals surface area contributed by atoms with E-state index in [2.05, 4.69) is 203 Å². The van der Waals surface area contributed by atoms with Crippen molar-refractivity contribution in [2.75, 3.05) is 0 Å². The first-order valence-corrected chi connectivity index (χ1v) is 20.1. The van der Waals surface area contributed by atoms with Gasteiger partial charge in [0, 0.05) is 66.0 Å². The first kappa shape index (κ1) is 33.3. The Bertz CT molecular complexity index is 3630. The Morgan fingerprint density at radius 3 is 1.68 bits per heavy atom. The molecule has 4 nitrogen and oxygen atoms in total. The molecule has 59 heavy (non-hydrogen) atoms. The number of nitrogens with zero attached hydrogens (tertiary/aromatic N) is 3. The highest BCUT2D eigenvalue weighted by molar-refractivity contribution is 6.21. The van der Waals surface area contributed by atoms with E-state index < -0.39 is 0 Å². The first-order chi connectivity index (χ1) is 29.2. The molecule has 0 saturated carbocycles. The molecule has 12 aromatic rings. The van der Waals surface area contributed by atoms with E-state index in [0.717, 1.165) is 77.8 Å². The van der Waals surface area contributed by atoms with Gasteiger partial charge in [-0.25, -0.2) is 0 Å². The summed E-state index contributed by atoms with van der Waals surface area (Å²) in [6, 6.07) is 63.4. The van der Waals surface area contributed by atoms with Gasteiger partial charge in [-0.1, -0.05) is 122 Å². The topological polar surface area (TPSA) is 27.9 Å². The predicted molar refractivity (Wildman–Crippen MR) is 249 cm³/mol. The van der Waals surface area contributed by atoms with E-state index in [0.29, 0.717) is 0 Å². The molecule has 0 aliphatic heterocycles. The summed E-state index contributed by atoms with van der Waals surface area (Å²) >= 11 is 0. The maximum absolute atomic E-state index is 6.81. The van der Waals surface area contributed by atoms with Gasteiger partial charge in [-0.2, -0.15) is 0 Å². The van der Waals surface area contributed by atoms with Gasteiger partial charge in [-0.3, -0.25) is 0 Å². The fourth-order valence-corrected chi connectivity index (χ4v) is 9.64. The van der Waals surface area contributed by atoms with Crippen molar-refractivity contribution in [3.63, 3.8) is 0 Å². The van der Waals surface area contributed by atoms with Crippen LogP contribution < -0.4 is 0 Å². The Labute approximate surface area is 340 Å². The maximum Gasteiger partial charge on any atom is 0.145 e. The Balaban J connectivity index is 1.16. The number of aromatic nitrogens is 3. The molecule has 4 aromatic heterocycles. The van der Waals surface area contributed by atoms with Crippen LogP contribution in [0.4, 0.5) is 0 Å². The van der Waals surface area contributed by atoms with Gasteiger partial charge in [0.15, 0.2) is 0 Å². The largest absolute Gasteiger partial charge is 0.455 e. The Hall–Kier alpha value is -7.82. The summed E-state index contributed by atoms with van der Waals surface area (Å²) in [5.74, 6) is 0. The average Bonchev–Trinajstić information content (AvgIpc) is 4.02. The smallest absolute Gasteiger partial charge is 0.145 e. The second-order valence-electron chi connectivity index (χ2n) is 15.4. The minimum atomic E-state index is 0.883. The summed E-state index contributed by atoms with van der Waals surface area (Å²) in [5, 5.41) is 8.24. The number of fused-ring (bicyclic) bond motifs is 11. The van der Waals surface area contributed by atoms with Crippen LogP contribution in [0.25, 0.3) is 111 Å². The lowest BCUT2D eigenvalue weighted by molar-refractivity contribution is 0.672. The molecule has 0 spiro atoms. The van der Waals surface area contributed by atoms with E-state index in [9.17, 15) is 0 Å². The van der Waals surface area contributed by atoms with Crippen molar-refractivity contribution in [1.82, 2.24) is 13.7 Å². The van der Waals surface area contributed by atoms with E-state index in [1.807, 2.05) is 18.2 Å². The average molecular weight is 756 g/mol. The summed E-state index contributed by atoms with van der Waals surface area (Å²) in [6.07, 6.45) is 6.07. The van der Waals surface area contributed by atoms with Gasteiger partial charge in [0.2, 0.25) is 0 Å². The van der Waals surface area contributed by atoms with Gasteiger partial charge in [0.05, 0.1) is 27.6 Å². The number of hydrogen-bond acceptors (Lipinski definition) is 1. The highest BCUT2D eigenvalue weighted by atomic mass is 16.3.